The second-order valence-electron chi connectivity index (χ2n) is 6.73. The van der Waals surface area contributed by atoms with Gasteiger partial charge in [0.1, 0.15) is 12.6 Å². The Morgan fingerprint density at radius 2 is 1.78 bits per heavy atom. The first-order valence-corrected chi connectivity index (χ1v) is 9.24. The number of carbonyl (C=O) groups excluding carboxylic acids is 3. The summed E-state index contributed by atoms with van der Waals surface area (Å²) in [7, 11) is 1.30. The minimum absolute atomic E-state index is 0.164. The molecule has 0 bridgehead atoms. The van der Waals surface area contributed by atoms with Crippen molar-refractivity contribution in [2.24, 2.45) is 5.92 Å². The predicted octanol–water partition coefficient (Wildman–Crippen LogP) is 2.79. The molecule has 1 rings (SSSR count). The molecule has 0 radical (unpaired) electrons. The molecule has 0 aromatic heterocycles. The third-order valence-electron chi connectivity index (χ3n) is 3.82. The van der Waals surface area contributed by atoms with Gasteiger partial charge in [-0.1, -0.05) is 44.2 Å². The summed E-state index contributed by atoms with van der Waals surface area (Å²) in [5.74, 6) is -0.403. The fourth-order valence-electron chi connectivity index (χ4n) is 2.45. The molecular formula is C20H30N2O5. The predicted molar refractivity (Wildman–Crippen MR) is 102 cm³/mol. The third-order valence-corrected chi connectivity index (χ3v) is 3.82. The van der Waals surface area contributed by atoms with Gasteiger partial charge in [0, 0.05) is 13.0 Å². The Labute approximate surface area is 160 Å². The van der Waals surface area contributed by atoms with Gasteiger partial charge in [-0.25, -0.2) is 9.59 Å². The SMILES string of the molecule is COC(=O)C(CCCCNC(=O)OCc1ccccc1)NC(=O)CC(C)C. The van der Waals surface area contributed by atoms with Crippen LogP contribution in [0.1, 0.15) is 45.1 Å². The molecule has 27 heavy (non-hydrogen) atoms. The van der Waals surface area contributed by atoms with E-state index in [1.165, 1.54) is 7.11 Å². The summed E-state index contributed by atoms with van der Waals surface area (Å²) in [4.78, 5) is 35.3. The molecule has 2 amide bonds. The van der Waals surface area contributed by atoms with Crippen molar-refractivity contribution >= 4 is 18.0 Å². The minimum atomic E-state index is -0.661. The standard InChI is InChI=1S/C20H30N2O5/c1-15(2)13-18(23)22-17(19(24)26-3)11-7-8-12-21-20(25)27-14-16-9-5-4-6-10-16/h4-6,9-10,15,17H,7-8,11-14H2,1-3H3,(H,21,25)(H,22,23). The summed E-state index contributed by atoms with van der Waals surface area (Å²) in [6.07, 6.45) is 1.66. The van der Waals surface area contributed by atoms with Crippen molar-refractivity contribution in [1.82, 2.24) is 10.6 Å². The highest BCUT2D eigenvalue weighted by molar-refractivity contribution is 5.84. The van der Waals surface area contributed by atoms with Crippen LogP contribution in [0.15, 0.2) is 30.3 Å². The molecule has 0 aliphatic carbocycles. The van der Waals surface area contributed by atoms with Crippen LogP contribution >= 0.6 is 0 Å². The number of amides is 2. The lowest BCUT2D eigenvalue weighted by Gasteiger charge is -2.17. The number of ether oxygens (including phenoxy) is 2. The number of methoxy groups -OCH3 is 1. The van der Waals surface area contributed by atoms with Crippen molar-refractivity contribution in [2.75, 3.05) is 13.7 Å². The molecular weight excluding hydrogens is 348 g/mol. The van der Waals surface area contributed by atoms with E-state index in [2.05, 4.69) is 10.6 Å². The summed E-state index contributed by atoms with van der Waals surface area (Å²) in [5, 5.41) is 5.38. The van der Waals surface area contributed by atoms with Crippen molar-refractivity contribution in [1.29, 1.82) is 0 Å². The zero-order chi connectivity index (χ0) is 20.1. The van der Waals surface area contributed by atoms with Crippen LogP contribution in [0.25, 0.3) is 0 Å². The number of hydrogen-bond donors (Lipinski definition) is 2. The first-order valence-electron chi connectivity index (χ1n) is 9.24. The fraction of sp³-hybridized carbons (Fsp3) is 0.550. The lowest BCUT2D eigenvalue weighted by atomic mass is 10.1. The Hall–Kier alpha value is -2.57. The first-order chi connectivity index (χ1) is 12.9. The number of hydrogen-bond acceptors (Lipinski definition) is 5. The van der Waals surface area contributed by atoms with Crippen molar-refractivity contribution < 1.29 is 23.9 Å². The molecule has 0 saturated carbocycles. The van der Waals surface area contributed by atoms with Gasteiger partial charge in [-0.05, 0) is 30.7 Å². The van der Waals surface area contributed by atoms with Gasteiger partial charge in [0.15, 0.2) is 0 Å². The lowest BCUT2D eigenvalue weighted by molar-refractivity contribution is -0.145. The molecule has 2 N–H and O–H groups in total. The third kappa shape index (κ3) is 10.2. The van der Waals surface area contributed by atoms with Crippen LogP contribution in [0.5, 0.6) is 0 Å². The maximum Gasteiger partial charge on any atom is 0.407 e. The van der Waals surface area contributed by atoms with Crippen LogP contribution < -0.4 is 10.6 Å². The van der Waals surface area contributed by atoms with Crippen LogP contribution in [0.2, 0.25) is 0 Å². The van der Waals surface area contributed by atoms with Crippen LogP contribution in [0, 0.1) is 5.92 Å². The number of rotatable bonds is 11. The van der Waals surface area contributed by atoms with Crippen LogP contribution in [0.3, 0.4) is 0 Å². The number of esters is 1. The maximum atomic E-state index is 11.9. The Morgan fingerprint density at radius 3 is 2.41 bits per heavy atom. The van der Waals surface area contributed by atoms with E-state index in [1.54, 1.807) is 0 Å². The summed E-state index contributed by atoms with van der Waals surface area (Å²) >= 11 is 0. The molecule has 1 atom stereocenters. The second-order valence-corrected chi connectivity index (χ2v) is 6.73. The second kappa shape index (κ2) is 12.7. The first kappa shape index (κ1) is 22.5. The van der Waals surface area contributed by atoms with E-state index in [0.717, 1.165) is 5.56 Å². The molecule has 0 heterocycles. The normalized spacial score (nSPS) is 11.6. The summed E-state index contributed by atoms with van der Waals surface area (Å²) < 4.78 is 9.86. The van der Waals surface area contributed by atoms with Gasteiger partial charge in [0.2, 0.25) is 5.91 Å². The molecule has 0 aliphatic rings. The van der Waals surface area contributed by atoms with Crippen molar-refractivity contribution in [3.8, 4) is 0 Å². The topological polar surface area (TPSA) is 93.7 Å². The Balaban J connectivity index is 2.23. The van der Waals surface area contributed by atoms with E-state index in [9.17, 15) is 14.4 Å². The van der Waals surface area contributed by atoms with Crippen molar-refractivity contribution in [3.05, 3.63) is 35.9 Å². The van der Waals surface area contributed by atoms with Crippen LogP contribution in [-0.4, -0.2) is 37.7 Å². The molecule has 1 unspecified atom stereocenters. The zero-order valence-electron chi connectivity index (χ0n) is 16.3. The number of carbonyl (C=O) groups is 3. The van der Waals surface area contributed by atoms with Crippen molar-refractivity contribution in [2.45, 2.75) is 52.2 Å². The van der Waals surface area contributed by atoms with E-state index in [-0.39, 0.29) is 18.4 Å². The van der Waals surface area contributed by atoms with Crippen LogP contribution in [0.4, 0.5) is 4.79 Å². The lowest BCUT2D eigenvalue weighted by Crippen LogP contribution is -2.42. The molecule has 0 aliphatic heterocycles. The molecule has 7 heteroatoms. The number of nitrogens with one attached hydrogen (secondary N) is 2. The molecule has 1 aromatic carbocycles. The molecule has 150 valence electrons. The molecule has 7 nitrogen and oxygen atoms in total. The van der Waals surface area contributed by atoms with E-state index in [1.807, 2.05) is 44.2 Å². The van der Waals surface area contributed by atoms with E-state index in [4.69, 9.17) is 9.47 Å². The molecule has 0 saturated heterocycles. The minimum Gasteiger partial charge on any atom is -0.467 e. The highest BCUT2D eigenvalue weighted by Gasteiger charge is 2.21. The Bertz CT molecular complexity index is 589. The van der Waals surface area contributed by atoms with Gasteiger partial charge in [-0.2, -0.15) is 0 Å². The van der Waals surface area contributed by atoms with Gasteiger partial charge in [-0.3, -0.25) is 4.79 Å². The number of alkyl carbamates (subject to hydrolysis) is 1. The molecule has 0 spiro atoms. The maximum absolute atomic E-state index is 11.9. The summed E-state index contributed by atoms with van der Waals surface area (Å²) in [5.41, 5.74) is 0.922. The van der Waals surface area contributed by atoms with Gasteiger partial charge in [0.05, 0.1) is 7.11 Å². The molecule has 1 aromatic rings. The monoisotopic (exact) mass is 378 g/mol. The largest absolute Gasteiger partial charge is 0.467 e. The zero-order valence-corrected chi connectivity index (χ0v) is 16.3. The number of unbranched alkanes of at least 4 members (excludes halogenated alkanes) is 1. The van der Waals surface area contributed by atoms with Gasteiger partial charge in [0.25, 0.3) is 0 Å². The quantitative estimate of drug-likeness (QED) is 0.456. The van der Waals surface area contributed by atoms with E-state index in [0.29, 0.717) is 32.2 Å². The summed E-state index contributed by atoms with van der Waals surface area (Å²) in [6.45, 7) is 4.53. The van der Waals surface area contributed by atoms with Crippen LogP contribution in [-0.2, 0) is 25.7 Å². The fourth-order valence-corrected chi connectivity index (χ4v) is 2.45. The van der Waals surface area contributed by atoms with Gasteiger partial charge in [-0.15, -0.1) is 0 Å². The highest BCUT2D eigenvalue weighted by Crippen LogP contribution is 2.06. The average Bonchev–Trinajstić information content (AvgIpc) is 2.64. The Kier molecular flexibility index (Phi) is 10.6. The van der Waals surface area contributed by atoms with E-state index >= 15 is 0 Å². The Morgan fingerprint density at radius 1 is 1.07 bits per heavy atom. The summed E-state index contributed by atoms with van der Waals surface area (Å²) in [6, 6.07) is 8.77. The highest BCUT2D eigenvalue weighted by atomic mass is 16.5. The van der Waals surface area contributed by atoms with Gasteiger partial charge < -0.3 is 20.1 Å². The number of benzene rings is 1. The van der Waals surface area contributed by atoms with E-state index < -0.39 is 18.1 Å². The van der Waals surface area contributed by atoms with Crippen molar-refractivity contribution in [3.63, 3.8) is 0 Å². The van der Waals surface area contributed by atoms with Gasteiger partial charge >= 0.3 is 12.1 Å². The smallest absolute Gasteiger partial charge is 0.407 e. The molecule has 0 fully saturated rings. The average molecular weight is 378 g/mol.